The quantitative estimate of drug-likeness (QED) is 0.589. The van der Waals surface area contributed by atoms with E-state index in [0.29, 0.717) is 30.3 Å². The summed E-state index contributed by atoms with van der Waals surface area (Å²) in [6, 6.07) is 3.61. The molecule has 0 unspecified atom stereocenters. The van der Waals surface area contributed by atoms with Gasteiger partial charge in [-0.1, -0.05) is 12.1 Å². The topological polar surface area (TPSA) is 87.9 Å². The van der Waals surface area contributed by atoms with Crippen molar-refractivity contribution in [1.29, 1.82) is 0 Å². The van der Waals surface area contributed by atoms with Gasteiger partial charge in [0.05, 0.1) is 4.92 Å². The molecule has 2 saturated heterocycles. The highest BCUT2D eigenvalue weighted by Gasteiger charge is 2.35. The zero-order chi connectivity index (χ0) is 17.1. The SMILES string of the molecule is Cc1ccc([C@H](C2CCOCC2)N2CCNCC2)c(O)c1[N+](=O)[O-].Cl.Cl. The number of nitrogens with one attached hydrogen (secondary N) is 1. The Hall–Kier alpha value is -1.12. The van der Waals surface area contributed by atoms with Crippen LogP contribution in [0.15, 0.2) is 12.1 Å². The number of hydrogen-bond donors (Lipinski definition) is 2. The molecule has 0 aromatic heterocycles. The first kappa shape index (κ1) is 22.9. The van der Waals surface area contributed by atoms with Crippen LogP contribution in [0.2, 0.25) is 0 Å². The van der Waals surface area contributed by atoms with Crippen molar-refractivity contribution in [1.82, 2.24) is 10.2 Å². The van der Waals surface area contributed by atoms with Crippen LogP contribution in [0.1, 0.15) is 30.0 Å². The summed E-state index contributed by atoms with van der Waals surface area (Å²) in [6.07, 6.45) is 1.82. The first-order chi connectivity index (χ1) is 11.6. The van der Waals surface area contributed by atoms with Gasteiger partial charge in [-0.25, -0.2) is 0 Å². The van der Waals surface area contributed by atoms with Gasteiger partial charge in [0, 0.05) is 56.6 Å². The molecule has 0 spiro atoms. The van der Waals surface area contributed by atoms with Gasteiger partial charge in [0.25, 0.3) is 0 Å². The number of aryl methyl sites for hydroxylation is 1. The molecule has 2 aliphatic rings. The average Bonchev–Trinajstić information content (AvgIpc) is 2.59. The molecule has 0 bridgehead atoms. The zero-order valence-electron chi connectivity index (χ0n) is 14.8. The third kappa shape index (κ3) is 4.78. The molecule has 1 aromatic carbocycles. The van der Waals surface area contributed by atoms with E-state index in [4.69, 9.17) is 4.74 Å². The standard InChI is InChI=1S/C17H25N3O4.2ClH/c1-12-2-3-14(17(21)15(12)20(22)23)16(13-4-10-24-11-5-13)19-8-6-18-7-9-19;;/h2-3,13,16,18,21H,4-11H2,1H3;2*1H/t16-;;/m0../s1. The molecular weight excluding hydrogens is 381 g/mol. The second-order valence-corrected chi connectivity index (χ2v) is 6.61. The third-order valence-corrected chi connectivity index (χ3v) is 5.14. The van der Waals surface area contributed by atoms with Gasteiger partial charge in [0.1, 0.15) is 0 Å². The van der Waals surface area contributed by atoms with E-state index in [-0.39, 0.29) is 42.3 Å². The molecule has 2 N–H and O–H groups in total. The van der Waals surface area contributed by atoms with Crippen LogP contribution in [0.5, 0.6) is 5.75 Å². The fourth-order valence-corrected chi connectivity index (χ4v) is 3.91. The number of phenols is 1. The van der Waals surface area contributed by atoms with Crippen molar-refractivity contribution < 1.29 is 14.8 Å². The van der Waals surface area contributed by atoms with Gasteiger partial charge in [-0.15, -0.1) is 24.8 Å². The average molecular weight is 408 g/mol. The van der Waals surface area contributed by atoms with Crippen LogP contribution in [0.3, 0.4) is 0 Å². The van der Waals surface area contributed by atoms with Crippen molar-refractivity contribution in [2.45, 2.75) is 25.8 Å². The normalized spacial score (nSPS) is 19.9. The Morgan fingerprint density at radius 2 is 1.88 bits per heavy atom. The number of nitro benzene ring substituents is 1. The minimum atomic E-state index is -0.479. The molecular formula is C17H27Cl2N3O4. The predicted molar refractivity (Wildman–Crippen MR) is 105 cm³/mol. The summed E-state index contributed by atoms with van der Waals surface area (Å²) >= 11 is 0. The van der Waals surface area contributed by atoms with Crippen molar-refractivity contribution in [2.24, 2.45) is 5.92 Å². The molecule has 3 rings (SSSR count). The van der Waals surface area contributed by atoms with Crippen LogP contribution in [-0.4, -0.2) is 54.3 Å². The van der Waals surface area contributed by atoms with E-state index in [9.17, 15) is 15.2 Å². The van der Waals surface area contributed by atoms with Gasteiger partial charge >= 0.3 is 5.69 Å². The third-order valence-electron chi connectivity index (χ3n) is 5.14. The lowest BCUT2D eigenvalue weighted by atomic mass is 9.84. The molecule has 148 valence electrons. The monoisotopic (exact) mass is 407 g/mol. The van der Waals surface area contributed by atoms with E-state index in [1.807, 2.05) is 6.07 Å². The van der Waals surface area contributed by atoms with Crippen LogP contribution in [0.25, 0.3) is 0 Å². The van der Waals surface area contributed by atoms with Crippen LogP contribution >= 0.6 is 24.8 Å². The molecule has 0 aliphatic carbocycles. The Morgan fingerprint density at radius 1 is 1.27 bits per heavy atom. The lowest BCUT2D eigenvalue weighted by molar-refractivity contribution is -0.386. The summed E-state index contributed by atoms with van der Waals surface area (Å²) in [4.78, 5) is 13.2. The number of benzene rings is 1. The maximum atomic E-state index is 11.4. The molecule has 0 amide bonds. The van der Waals surface area contributed by atoms with Crippen LogP contribution < -0.4 is 5.32 Å². The maximum absolute atomic E-state index is 11.4. The van der Waals surface area contributed by atoms with Crippen LogP contribution in [-0.2, 0) is 4.74 Å². The number of aromatic hydroxyl groups is 1. The Labute approximate surface area is 166 Å². The van der Waals surface area contributed by atoms with Gasteiger partial charge in [0.2, 0.25) is 0 Å². The first-order valence-electron chi connectivity index (χ1n) is 8.59. The largest absolute Gasteiger partial charge is 0.502 e. The zero-order valence-corrected chi connectivity index (χ0v) is 16.5. The van der Waals surface area contributed by atoms with Gasteiger partial charge < -0.3 is 15.2 Å². The Morgan fingerprint density at radius 3 is 2.46 bits per heavy atom. The van der Waals surface area contributed by atoms with Crippen LogP contribution in [0.4, 0.5) is 5.69 Å². The number of rotatable bonds is 4. The summed E-state index contributed by atoms with van der Waals surface area (Å²) in [5.41, 5.74) is 1.01. The number of halogens is 2. The van der Waals surface area contributed by atoms with E-state index in [2.05, 4.69) is 10.2 Å². The second-order valence-electron chi connectivity index (χ2n) is 6.61. The number of phenolic OH excluding ortho intramolecular Hbond substituents is 1. The fourth-order valence-electron chi connectivity index (χ4n) is 3.91. The minimum absolute atomic E-state index is 0. The molecule has 1 atom stereocenters. The molecule has 9 heteroatoms. The van der Waals surface area contributed by atoms with Crippen molar-refractivity contribution >= 4 is 30.5 Å². The van der Waals surface area contributed by atoms with Crippen molar-refractivity contribution in [3.8, 4) is 5.75 Å². The first-order valence-corrected chi connectivity index (χ1v) is 8.59. The highest BCUT2D eigenvalue weighted by atomic mass is 35.5. The van der Waals surface area contributed by atoms with E-state index >= 15 is 0 Å². The summed E-state index contributed by atoms with van der Waals surface area (Å²) in [7, 11) is 0. The van der Waals surface area contributed by atoms with E-state index < -0.39 is 4.92 Å². The highest BCUT2D eigenvalue weighted by molar-refractivity contribution is 5.85. The summed E-state index contributed by atoms with van der Waals surface area (Å²) < 4.78 is 5.48. The number of piperazine rings is 1. The second kappa shape index (κ2) is 10.3. The lowest BCUT2D eigenvalue weighted by Crippen LogP contribution is -2.47. The number of hydrogen-bond acceptors (Lipinski definition) is 6. The Bertz CT molecular complexity index is 588. The molecule has 2 fully saturated rings. The number of nitrogens with zero attached hydrogens (tertiary/aromatic N) is 2. The minimum Gasteiger partial charge on any atom is -0.502 e. The number of nitro groups is 1. The summed E-state index contributed by atoms with van der Waals surface area (Å²) in [5.74, 6) is 0.167. The Balaban J connectivity index is 0.00000169. The van der Waals surface area contributed by atoms with E-state index in [0.717, 1.165) is 39.0 Å². The van der Waals surface area contributed by atoms with E-state index in [1.165, 1.54) is 0 Å². The highest BCUT2D eigenvalue weighted by Crippen LogP contribution is 2.43. The summed E-state index contributed by atoms with van der Waals surface area (Å²) in [6.45, 7) is 6.63. The van der Waals surface area contributed by atoms with Gasteiger partial charge in [-0.2, -0.15) is 0 Å². The van der Waals surface area contributed by atoms with E-state index in [1.54, 1.807) is 13.0 Å². The lowest BCUT2D eigenvalue weighted by Gasteiger charge is -2.41. The molecule has 2 aliphatic heterocycles. The van der Waals surface area contributed by atoms with Gasteiger partial charge in [-0.05, 0) is 25.7 Å². The fraction of sp³-hybridized carbons (Fsp3) is 0.647. The van der Waals surface area contributed by atoms with Crippen molar-refractivity contribution in [3.63, 3.8) is 0 Å². The summed E-state index contributed by atoms with van der Waals surface area (Å²) in [5, 5.41) is 25.4. The predicted octanol–water partition coefficient (Wildman–Crippen LogP) is 2.83. The Kier molecular flexibility index (Phi) is 9.06. The molecule has 1 aromatic rings. The number of ether oxygens (including phenoxy) is 1. The van der Waals surface area contributed by atoms with Crippen molar-refractivity contribution in [3.05, 3.63) is 33.4 Å². The molecule has 2 heterocycles. The molecule has 26 heavy (non-hydrogen) atoms. The van der Waals surface area contributed by atoms with Gasteiger partial charge in [-0.3, -0.25) is 15.0 Å². The molecule has 0 saturated carbocycles. The van der Waals surface area contributed by atoms with Gasteiger partial charge in [0.15, 0.2) is 5.75 Å². The smallest absolute Gasteiger partial charge is 0.313 e. The molecule has 0 radical (unpaired) electrons. The molecule has 7 nitrogen and oxygen atoms in total. The maximum Gasteiger partial charge on any atom is 0.313 e. The van der Waals surface area contributed by atoms with Crippen molar-refractivity contribution in [2.75, 3.05) is 39.4 Å². The van der Waals surface area contributed by atoms with Crippen LogP contribution in [0, 0.1) is 23.0 Å².